The molecule has 3 nitrogen and oxygen atoms in total. The molecule has 1 heterocycles. The molecule has 1 aromatic heterocycles. The van der Waals surface area contributed by atoms with Crippen LogP contribution in [-0.4, -0.2) is 16.2 Å². The first-order chi connectivity index (χ1) is 9.72. The lowest BCUT2D eigenvalue weighted by Crippen LogP contribution is -2.21. The van der Waals surface area contributed by atoms with E-state index in [-0.39, 0.29) is 0 Å². The van der Waals surface area contributed by atoms with Gasteiger partial charge in [0.25, 0.3) is 0 Å². The van der Waals surface area contributed by atoms with Gasteiger partial charge in [0.15, 0.2) is 0 Å². The van der Waals surface area contributed by atoms with Crippen molar-refractivity contribution in [3.8, 4) is 10.6 Å². The fourth-order valence-corrected chi connectivity index (χ4v) is 2.84. The van der Waals surface area contributed by atoms with E-state index in [1.807, 2.05) is 0 Å². The molecule has 0 aliphatic rings. The summed E-state index contributed by atoms with van der Waals surface area (Å²) in [5.74, 6) is 0. The van der Waals surface area contributed by atoms with Crippen LogP contribution < -0.4 is 5.32 Å². The second-order valence-corrected chi connectivity index (χ2v) is 6.16. The molecule has 0 bridgehead atoms. The molecule has 0 amide bonds. The molecule has 0 spiro atoms. The van der Waals surface area contributed by atoms with Crippen molar-refractivity contribution < 1.29 is 0 Å². The molecule has 0 atom stereocenters. The van der Waals surface area contributed by atoms with Crippen LogP contribution in [0.4, 0.5) is 0 Å². The summed E-state index contributed by atoms with van der Waals surface area (Å²) in [7, 11) is 0. The summed E-state index contributed by atoms with van der Waals surface area (Å²) in [6.45, 7) is 5.04. The Hall–Kier alpha value is -1.78. The zero-order valence-electron chi connectivity index (χ0n) is 11.6. The number of rotatable bonds is 4. The molecule has 3 aromatic rings. The highest BCUT2D eigenvalue weighted by atomic mass is 32.1. The monoisotopic (exact) mass is 283 g/mol. The number of fused-ring (bicyclic) bond motifs is 1. The van der Waals surface area contributed by atoms with Crippen molar-refractivity contribution in [2.24, 2.45) is 0 Å². The molecule has 2 aromatic carbocycles. The summed E-state index contributed by atoms with van der Waals surface area (Å²) >= 11 is 1.65. The Morgan fingerprint density at radius 2 is 1.85 bits per heavy atom. The molecule has 4 heteroatoms. The molecule has 0 aliphatic heterocycles. The van der Waals surface area contributed by atoms with Crippen LogP contribution in [0, 0.1) is 0 Å². The Bertz CT molecular complexity index is 718. The molecule has 0 unspecified atom stereocenters. The summed E-state index contributed by atoms with van der Waals surface area (Å²) in [6.07, 6.45) is 0. The average Bonchev–Trinajstić information content (AvgIpc) is 2.93. The number of nitrogens with one attached hydrogen (secondary N) is 1. The number of aromatic nitrogens is 2. The Morgan fingerprint density at radius 1 is 1.05 bits per heavy atom. The highest BCUT2D eigenvalue weighted by molar-refractivity contribution is 7.14. The molecule has 0 saturated carbocycles. The highest BCUT2D eigenvalue weighted by Gasteiger charge is 2.07. The van der Waals surface area contributed by atoms with Crippen LogP contribution in [0.2, 0.25) is 0 Å². The molecule has 20 heavy (non-hydrogen) atoms. The Morgan fingerprint density at radius 3 is 2.65 bits per heavy atom. The predicted molar refractivity (Wildman–Crippen MR) is 84.8 cm³/mol. The van der Waals surface area contributed by atoms with Crippen molar-refractivity contribution in [3.63, 3.8) is 0 Å². The summed E-state index contributed by atoms with van der Waals surface area (Å²) in [5.41, 5.74) is 1.14. The van der Waals surface area contributed by atoms with E-state index in [9.17, 15) is 0 Å². The van der Waals surface area contributed by atoms with Crippen molar-refractivity contribution >= 4 is 22.1 Å². The summed E-state index contributed by atoms with van der Waals surface area (Å²) in [6, 6.07) is 15.3. The summed E-state index contributed by atoms with van der Waals surface area (Å²) in [4.78, 5) is 0. The van der Waals surface area contributed by atoms with Gasteiger partial charge < -0.3 is 5.32 Å². The highest BCUT2D eigenvalue weighted by Crippen LogP contribution is 2.26. The van der Waals surface area contributed by atoms with E-state index < -0.39 is 0 Å². The van der Waals surface area contributed by atoms with E-state index >= 15 is 0 Å². The van der Waals surface area contributed by atoms with E-state index in [0.717, 1.165) is 22.1 Å². The van der Waals surface area contributed by atoms with Gasteiger partial charge in [0, 0.05) is 18.2 Å². The van der Waals surface area contributed by atoms with Crippen LogP contribution in [0.3, 0.4) is 0 Å². The largest absolute Gasteiger partial charge is 0.308 e. The van der Waals surface area contributed by atoms with Gasteiger partial charge in [-0.15, -0.1) is 10.2 Å². The van der Waals surface area contributed by atoms with Crippen LogP contribution in [0.5, 0.6) is 0 Å². The van der Waals surface area contributed by atoms with E-state index in [2.05, 4.69) is 71.8 Å². The molecule has 0 saturated heterocycles. The van der Waals surface area contributed by atoms with Crippen molar-refractivity contribution in [2.75, 3.05) is 0 Å². The Kier molecular flexibility index (Phi) is 3.76. The lowest BCUT2D eigenvalue weighted by Gasteiger charge is -2.03. The topological polar surface area (TPSA) is 37.8 Å². The molecule has 102 valence electrons. The lowest BCUT2D eigenvalue weighted by molar-refractivity contribution is 0.585. The van der Waals surface area contributed by atoms with Crippen molar-refractivity contribution in [2.45, 2.75) is 26.4 Å². The van der Waals surface area contributed by atoms with Crippen molar-refractivity contribution in [1.29, 1.82) is 0 Å². The summed E-state index contributed by atoms with van der Waals surface area (Å²) < 4.78 is 0. The first kappa shape index (κ1) is 13.2. The van der Waals surface area contributed by atoms with Gasteiger partial charge in [-0.3, -0.25) is 0 Å². The SMILES string of the molecule is CC(C)NCc1nnc(-c2ccc3ccccc3c2)s1. The first-order valence-electron chi connectivity index (χ1n) is 6.77. The number of benzene rings is 2. The van der Waals surface area contributed by atoms with Gasteiger partial charge >= 0.3 is 0 Å². The fraction of sp³-hybridized carbons (Fsp3) is 0.250. The van der Waals surface area contributed by atoms with Crippen LogP contribution >= 0.6 is 11.3 Å². The van der Waals surface area contributed by atoms with Gasteiger partial charge in [-0.25, -0.2) is 0 Å². The minimum atomic E-state index is 0.461. The third kappa shape index (κ3) is 2.86. The van der Waals surface area contributed by atoms with Gasteiger partial charge in [0.05, 0.1) is 0 Å². The molecular weight excluding hydrogens is 266 g/mol. The molecule has 0 radical (unpaired) electrons. The molecular formula is C16H17N3S. The second-order valence-electron chi connectivity index (χ2n) is 5.10. The van der Waals surface area contributed by atoms with Crippen LogP contribution in [0.25, 0.3) is 21.3 Å². The van der Waals surface area contributed by atoms with Gasteiger partial charge in [-0.1, -0.05) is 61.6 Å². The Balaban J connectivity index is 1.87. The van der Waals surface area contributed by atoms with E-state index in [4.69, 9.17) is 0 Å². The first-order valence-corrected chi connectivity index (χ1v) is 7.59. The lowest BCUT2D eigenvalue weighted by atomic mass is 10.1. The van der Waals surface area contributed by atoms with Gasteiger partial charge in [0.2, 0.25) is 0 Å². The van der Waals surface area contributed by atoms with Crippen LogP contribution in [-0.2, 0) is 6.54 Å². The smallest absolute Gasteiger partial charge is 0.147 e. The zero-order valence-corrected chi connectivity index (χ0v) is 12.4. The van der Waals surface area contributed by atoms with Gasteiger partial charge in [-0.2, -0.15) is 0 Å². The van der Waals surface area contributed by atoms with E-state index in [1.165, 1.54) is 10.8 Å². The molecule has 0 aliphatic carbocycles. The maximum atomic E-state index is 4.30. The number of nitrogens with zero attached hydrogens (tertiary/aromatic N) is 2. The maximum absolute atomic E-state index is 4.30. The van der Waals surface area contributed by atoms with Gasteiger partial charge in [-0.05, 0) is 16.8 Å². The van der Waals surface area contributed by atoms with Crippen molar-refractivity contribution in [3.05, 3.63) is 47.5 Å². The average molecular weight is 283 g/mol. The minimum Gasteiger partial charge on any atom is -0.308 e. The van der Waals surface area contributed by atoms with Crippen LogP contribution in [0.15, 0.2) is 42.5 Å². The predicted octanol–water partition coefficient (Wildman–Crippen LogP) is 3.86. The minimum absolute atomic E-state index is 0.461. The van der Waals surface area contributed by atoms with Gasteiger partial charge in [0.1, 0.15) is 10.0 Å². The zero-order chi connectivity index (χ0) is 13.9. The number of hydrogen-bond donors (Lipinski definition) is 1. The standard InChI is InChI=1S/C16H17N3S/c1-11(2)17-10-15-18-19-16(20-15)14-8-7-12-5-3-4-6-13(12)9-14/h3-9,11,17H,10H2,1-2H3. The maximum Gasteiger partial charge on any atom is 0.147 e. The van der Waals surface area contributed by atoms with E-state index in [0.29, 0.717) is 6.04 Å². The normalized spacial score (nSPS) is 11.3. The van der Waals surface area contributed by atoms with E-state index in [1.54, 1.807) is 11.3 Å². The molecule has 3 rings (SSSR count). The summed E-state index contributed by atoms with van der Waals surface area (Å²) in [5, 5.41) is 16.4. The van der Waals surface area contributed by atoms with Crippen molar-refractivity contribution in [1.82, 2.24) is 15.5 Å². The fourth-order valence-electron chi connectivity index (χ4n) is 2.06. The third-order valence-electron chi connectivity index (χ3n) is 3.12. The quantitative estimate of drug-likeness (QED) is 0.790. The Labute approximate surface area is 122 Å². The third-order valence-corrected chi connectivity index (χ3v) is 4.10. The number of hydrogen-bond acceptors (Lipinski definition) is 4. The molecule has 1 N–H and O–H groups in total. The van der Waals surface area contributed by atoms with Crippen LogP contribution in [0.1, 0.15) is 18.9 Å². The molecule has 0 fully saturated rings. The second kappa shape index (κ2) is 5.69.